The van der Waals surface area contributed by atoms with E-state index in [1.54, 1.807) is 6.07 Å². The van der Waals surface area contributed by atoms with Gasteiger partial charge in [-0.3, -0.25) is 4.79 Å². The van der Waals surface area contributed by atoms with Crippen LogP contribution in [0.4, 0.5) is 4.39 Å². The van der Waals surface area contributed by atoms with Gasteiger partial charge in [-0.15, -0.1) is 0 Å². The molecule has 7 heteroatoms. The highest BCUT2D eigenvalue weighted by molar-refractivity contribution is 5.94. The molecule has 0 spiro atoms. The minimum atomic E-state index is -1.09. The van der Waals surface area contributed by atoms with Crippen LogP contribution in [-0.4, -0.2) is 23.0 Å². The van der Waals surface area contributed by atoms with Gasteiger partial charge in [0.05, 0.1) is 0 Å². The Bertz CT molecular complexity index is 695. The van der Waals surface area contributed by atoms with Crippen molar-refractivity contribution >= 4 is 11.9 Å². The van der Waals surface area contributed by atoms with Gasteiger partial charge in [0.25, 0.3) is 5.91 Å². The predicted molar refractivity (Wildman–Crippen MR) is 83.2 cm³/mol. The highest BCUT2D eigenvalue weighted by atomic mass is 19.1. The van der Waals surface area contributed by atoms with Crippen molar-refractivity contribution in [3.05, 3.63) is 53.7 Å². The fourth-order valence-electron chi connectivity index (χ4n) is 2.04. The quantitative estimate of drug-likeness (QED) is 0.774. The number of ether oxygens (including phenoxy) is 1. The Balaban J connectivity index is 1.93. The van der Waals surface area contributed by atoms with Crippen LogP contribution in [0.3, 0.4) is 0 Å². The first-order valence-electron chi connectivity index (χ1n) is 7.50. The molecule has 1 heterocycles. The largest absolute Gasteiger partial charge is 0.486 e. The predicted octanol–water partition coefficient (Wildman–Crippen LogP) is 2.98. The van der Waals surface area contributed by atoms with Crippen molar-refractivity contribution < 1.29 is 28.2 Å². The summed E-state index contributed by atoms with van der Waals surface area (Å²) in [6, 6.07) is 7.57. The Labute approximate surface area is 138 Å². The van der Waals surface area contributed by atoms with E-state index in [0.717, 1.165) is 0 Å². The summed E-state index contributed by atoms with van der Waals surface area (Å²) in [5, 5.41) is 11.5. The van der Waals surface area contributed by atoms with E-state index in [1.165, 1.54) is 30.3 Å². The van der Waals surface area contributed by atoms with E-state index in [9.17, 15) is 14.0 Å². The van der Waals surface area contributed by atoms with Gasteiger partial charge in [-0.25, -0.2) is 9.18 Å². The molecule has 2 rings (SSSR count). The normalized spacial score (nSPS) is 11.8. The summed E-state index contributed by atoms with van der Waals surface area (Å²) < 4.78 is 23.6. The lowest BCUT2D eigenvalue weighted by Gasteiger charge is -2.12. The van der Waals surface area contributed by atoms with E-state index in [4.69, 9.17) is 14.3 Å². The van der Waals surface area contributed by atoms with Gasteiger partial charge in [-0.1, -0.05) is 13.3 Å². The number of benzene rings is 1. The molecular weight excluding hydrogens is 317 g/mol. The van der Waals surface area contributed by atoms with Crippen molar-refractivity contribution in [2.75, 3.05) is 0 Å². The van der Waals surface area contributed by atoms with Gasteiger partial charge in [0.15, 0.2) is 5.76 Å². The molecule has 2 aromatic rings. The van der Waals surface area contributed by atoms with Crippen LogP contribution >= 0.6 is 0 Å². The molecule has 1 amide bonds. The van der Waals surface area contributed by atoms with E-state index >= 15 is 0 Å². The first-order chi connectivity index (χ1) is 11.5. The Hall–Kier alpha value is -2.83. The molecular formula is C17H18FNO5. The number of carbonyl (C=O) groups excluding carboxylic acids is 1. The molecule has 0 aliphatic rings. The second-order valence-electron chi connectivity index (χ2n) is 5.16. The highest BCUT2D eigenvalue weighted by Crippen LogP contribution is 2.15. The standard InChI is InChI=1S/C17H18FNO5/c1-2-3-14(17(21)22)19-16(20)15-9-8-13(24-15)10-23-12-6-4-11(18)5-7-12/h4-9,14H,2-3,10H2,1H3,(H,19,20)(H,21,22). The molecule has 6 nitrogen and oxygen atoms in total. The maximum Gasteiger partial charge on any atom is 0.326 e. The summed E-state index contributed by atoms with van der Waals surface area (Å²) in [7, 11) is 0. The van der Waals surface area contributed by atoms with Gasteiger partial charge < -0.3 is 19.6 Å². The Morgan fingerprint density at radius 1 is 1.25 bits per heavy atom. The second-order valence-corrected chi connectivity index (χ2v) is 5.16. The second kappa shape index (κ2) is 8.14. The highest BCUT2D eigenvalue weighted by Gasteiger charge is 2.21. The van der Waals surface area contributed by atoms with Gasteiger partial charge in [0.1, 0.15) is 30.0 Å². The molecule has 0 fully saturated rings. The molecule has 24 heavy (non-hydrogen) atoms. The number of hydrogen-bond acceptors (Lipinski definition) is 4. The molecule has 1 atom stereocenters. The van der Waals surface area contributed by atoms with E-state index in [-0.39, 0.29) is 18.2 Å². The topological polar surface area (TPSA) is 88.8 Å². The molecule has 2 N–H and O–H groups in total. The van der Waals surface area contributed by atoms with Crippen LogP contribution in [0, 0.1) is 5.82 Å². The Morgan fingerprint density at radius 3 is 2.58 bits per heavy atom. The first kappa shape index (κ1) is 17.5. The lowest BCUT2D eigenvalue weighted by molar-refractivity contribution is -0.139. The third kappa shape index (κ3) is 4.84. The van der Waals surface area contributed by atoms with Crippen LogP contribution in [0.1, 0.15) is 36.1 Å². The lowest BCUT2D eigenvalue weighted by Crippen LogP contribution is -2.40. The Morgan fingerprint density at radius 2 is 1.96 bits per heavy atom. The number of hydrogen-bond donors (Lipinski definition) is 2. The van der Waals surface area contributed by atoms with E-state index in [0.29, 0.717) is 24.4 Å². The number of amides is 1. The molecule has 0 saturated carbocycles. The fraction of sp³-hybridized carbons (Fsp3) is 0.294. The van der Waals surface area contributed by atoms with Crippen LogP contribution in [0.15, 0.2) is 40.8 Å². The van der Waals surface area contributed by atoms with Crippen molar-refractivity contribution in [1.29, 1.82) is 0 Å². The van der Waals surface area contributed by atoms with Crippen LogP contribution in [0.5, 0.6) is 5.75 Å². The van der Waals surface area contributed by atoms with Crippen molar-refractivity contribution in [2.45, 2.75) is 32.4 Å². The van der Waals surface area contributed by atoms with Crippen LogP contribution in [0.25, 0.3) is 0 Å². The summed E-state index contributed by atoms with van der Waals surface area (Å²) in [4.78, 5) is 23.1. The van der Waals surface area contributed by atoms with Crippen molar-refractivity contribution in [2.24, 2.45) is 0 Å². The average Bonchev–Trinajstić information content (AvgIpc) is 3.03. The summed E-state index contributed by atoms with van der Waals surface area (Å²) in [6.07, 6.45) is 0.967. The molecule has 0 saturated heterocycles. The molecule has 0 aliphatic carbocycles. The summed E-state index contributed by atoms with van der Waals surface area (Å²) >= 11 is 0. The lowest BCUT2D eigenvalue weighted by atomic mass is 10.1. The SMILES string of the molecule is CCCC(NC(=O)c1ccc(COc2ccc(F)cc2)o1)C(=O)O. The molecule has 1 unspecified atom stereocenters. The number of furan rings is 1. The van der Waals surface area contributed by atoms with Gasteiger partial charge in [-0.2, -0.15) is 0 Å². The van der Waals surface area contributed by atoms with Gasteiger partial charge >= 0.3 is 5.97 Å². The molecule has 0 bridgehead atoms. The minimum absolute atomic E-state index is 0.00931. The number of carbonyl (C=O) groups is 2. The first-order valence-corrected chi connectivity index (χ1v) is 7.50. The van der Waals surface area contributed by atoms with Gasteiger partial charge in [0, 0.05) is 0 Å². The maximum absolute atomic E-state index is 12.8. The molecule has 0 aliphatic heterocycles. The third-order valence-corrected chi connectivity index (χ3v) is 3.26. The van der Waals surface area contributed by atoms with Crippen LogP contribution in [-0.2, 0) is 11.4 Å². The van der Waals surface area contributed by atoms with Crippen molar-refractivity contribution in [3.63, 3.8) is 0 Å². The number of rotatable bonds is 8. The number of halogens is 1. The molecule has 128 valence electrons. The maximum atomic E-state index is 12.8. The van der Waals surface area contributed by atoms with E-state index in [1.807, 2.05) is 6.92 Å². The fourth-order valence-corrected chi connectivity index (χ4v) is 2.04. The van der Waals surface area contributed by atoms with E-state index < -0.39 is 17.9 Å². The number of carboxylic acid groups (broad SMARTS) is 1. The zero-order valence-electron chi connectivity index (χ0n) is 13.1. The van der Waals surface area contributed by atoms with Crippen LogP contribution in [0.2, 0.25) is 0 Å². The summed E-state index contributed by atoms with van der Waals surface area (Å²) in [6.45, 7) is 1.90. The molecule has 1 aromatic heterocycles. The van der Waals surface area contributed by atoms with E-state index in [2.05, 4.69) is 5.32 Å². The van der Waals surface area contributed by atoms with Crippen LogP contribution < -0.4 is 10.1 Å². The summed E-state index contributed by atoms with van der Waals surface area (Å²) in [5.41, 5.74) is 0. The summed E-state index contributed by atoms with van der Waals surface area (Å²) in [5.74, 6) is -1.17. The average molecular weight is 335 g/mol. The zero-order chi connectivity index (χ0) is 17.5. The number of aliphatic carboxylic acids is 1. The molecule has 0 radical (unpaired) electrons. The third-order valence-electron chi connectivity index (χ3n) is 3.26. The van der Waals surface area contributed by atoms with Gasteiger partial charge in [0.2, 0.25) is 0 Å². The monoisotopic (exact) mass is 335 g/mol. The van der Waals surface area contributed by atoms with Gasteiger partial charge in [-0.05, 0) is 42.8 Å². The molecule has 1 aromatic carbocycles. The van der Waals surface area contributed by atoms with Crippen molar-refractivity contribution in [1.82, 2.24) is 5.32 Å². The number of carboxylic acids is 1. The Kier molecular flexibility index (Phi) is 5.95. The zero-order valence-corrected chi connectivity index (χ0v) is 13.1. The van der Waals surface area contributed by atoms with Crippen molar-refractivity contribution in [3.8, 4) is 5.75 Å². The smallest absolute Gasteiger partial charge is 0.326 e. The minimum Gasteiger partial charge on any atom is -0.486 e. The number of nitrogens with one attached hydrogen (secondary N) is 1.